The van der Waals surface area contributed by atoms with Crippen molar-refractivity contribution in [3.8, 4) is 0 Å². The van der Waals surface area contributed by atoms with Crippen molar-refractivity contribution in [3.63, 3.8) is 0 Å². The minimum absolute atomic E-state index is 0.199. The van der Waals surface area contributed by atoms with E-state index in [0.29, 0.717) is 33.1 Å². The van der Waals surface area contributed by atoms with Gasteiger partial charge in [-0.1, -0.05) is 17.7 Å². The third kappa shape index (κ3) is 2.64. The van der Waals surface area contributed by atoms with Crippen LogP contribution in [0.15, 0.2) is 53.5 Å². The summed E-state index contributed by atoms with van der Waals surface area (Å²) in [7, 11) is 1.72. The van der Waals surface area contributed by atoms with Crippen LogP contribution in [0.2, 0.25) is 5.02 Å². The van der Waals surface area contributed by atoms with Gasteiger partial charge >= 0.3 is 0 Å². The second kappa shape index (κ2) is 6.00. The number of hydrogen-bond acceptors (Lipinski definition) is 3. The van der Waals surface area contributed by atoms with E-state index in [0.717, 1.165) is 5.56 Å². The van der Waals surface area contributed by atoms with Crippen LogP contribution in [0.3, 0.4) is 0 Å². The smallest absolute Gasteiger partial charge is 0.272 e. The van der Waals surface area contributed by atoms with Gasteiger partial charge in [-0.3, -0.25) is 14.0 Å². The number of fused-ring (bicyclic) bond motifs is 2. The summed E-state index contributed by atoms with van der Waals surface area (Å²) in [6.07, 6.45) is 1.74. The molecule has 3 aromatic heterocycles. The second-order valence-corrected chi connectivity index (χ2v) is 6.57. The molecular weight excluding hydrogens is 352 g/mol. The Labute approximate surface area is 153 Å². The third-order valence-electron chi connectivity index (χ3n) is 4.28. The Kier molecular flexibility index (Phi) is 3.77. The molecule has 130 valence electrons. The van der Waals surface area contributed by atoms with Crippen LogP contribution in [-0.2, 0) is 7.05 Å². The fraction of sp³-hybridized carbons (Fsp3) is 0.105. The van der Waals surface area contributed by atoms with Crippen LogP contribution in [0.5, 0.6) is 0 Å². The first-order chi connectivity index (χ1) is 12.4. The summed E-state index contributed by atoms with van der Waals surface area (Å²) in [5.74, 6) is -0.322. The number of rotatable bonds is 2. The lowest BCUT2D eigenvalue weighted by Crippen LogP contribution is -2.16. The normalized spacial score (nSPS) is 11.2. The Morgan fingerprint density at radius 2 is 1.88 bits per heavy atom. The number of hydrogen-bond donors (Lipinski definition) is 1. The summed E-state index contributed by atoms with van der Waals surface area (Å²) in [5, 5.41) is 3.79. The third-order valence-corrected chi connectivity index (χ3v) is 4.53. The minimum atomic E-state index is -0.322. The molecule has 0 spiro atoms. The highest BCUT2D eigenvalue weighted by Crippen LogP contribution is 2.18. The average Bonchev–Trinajstić information content (AvgIpc) is 2.95. The van der Waals surface area contributed by atoms with Crippen LogP contribution < -0.4 is 10.9 Å². The van der Waals surface area contributed by atoms with Crippen molar-refractivity contribution in [1.82, 2.24) is 14.0 Å². The second-order valence-electron chi connectivity index (χ2n) is 6.14. The van der Waals surface area contributed by atoms with Crippen molar-refractivity contribution < 1.29 is 4.79 Å². The zero-order valence-corrected chi connectivity index (χ0v) is 14.9. The van der Waals surface area contributed by atoms with Crippen LogP contribution in [0.25, 0.3) is 16.7 Å². The molecule has 26 heavy (non-hydrogen) atoms. The Balaban J connectivity index is 1.83. The van der Waals surface area contributed by atoms with E-state index in [1.807, 2.05) is 13.0 Å². The first-order valence-electron chi connectivity index (χ1n) is 7.99. The van der Waals surface area contributed by atoms with Crippen LogP contribution in [0.4, 0.5) is 5.69 Å². The van der Waals surface area contributed by atoms with Gasteiger partial charge in [0.25, 0.3) is 11.5 Å². The Bertz CT molecular complexity index is 1220. The zero-order chi connectivity index (χ0) is 18.4. The van der Waals surface area contributed by atoms with Gasteiger partial charge < -0.3 is 9.88 Å². The molecule has 0 radical (unpaired) electrons. The lowest BCUT2D eigenvalue weighted by atomic mass is 10.3. The highest BCUT2D eigenvalue weighted by atomic mass is 35.5. The van der Waals surface area contributed by atoms with E-state index in [1.54, 1.807) is 54.2 Å². The first kappa shape index (κ1) is 16.4. The van der Waals surface area contributed by atoms with E-state index in [1.165, 1.54) is 4.40 Å². The van der Waals surface area contributed by atoms with Gasteiger partial charge in [0.05, 0.1) is 5.39 Å². The summed E-state index contributed by atoms with van der Waals surface area (Å²) in [5.41, 5.74) is 2.74. The highest BCUT2D eigenvalue weighted by molar-refractivity contribution is 6.30. The van der Waals surface area contributed by atoms with Gasteiger partial charge in [-0.15, -0.1) is 0 Å². The molecule has 0 saturated carbocycles. The van der Waals surface area contributed by atoms with Gasteiger partial charge in [0.15, 0.2) is 0 Å². The number of nitrogens with zero attached hydrogens (tertiary/aromatic N) is 3. The molecule has 4 aromatic rings. The molecule has 1 aromatic carbocycles. The predicted octanol–water partition coefficient (Wildman–Crippen LogP) is 3.40. The van der Waals surface area contributed by atoms with Crippen molar-refractivity contribution in [2.24, 2.45) is 7.05 Å². The molecule has 7 heteroatoms. The Morgan fingerprint density at radius 3 is 2.62 bits per heavy atom. The van der Waals surface area contributed by atoms with Gasteiger partial charge in [-0.05, 0) is 48.9 Å². The van der Waals surface area contributed by atoms with E-state index in [9.17, 15) is 9.59 Å². The molecule has 0 unspecified atom stereocenters. The number of carbonyl (C=O) groups excluding carboxylic acids is 1. The largest absolute Gasteiger partial charge is 0.324 e. The minimum Gasteiger partial charge on any atom is -0.324 e. The van der Waals surface area contributed by atoms with Crippen LogP contribution in [0.1, 0.15) is 16.1 Å². The Hall–Kier alpha value is -3.12. The molecule has 4 rings (SSSR count). The zero-order valence-electron chi connectivity index (χ0n) is 14.2. The number of amides is 1. The summed E-state index contributed by atoms with van der Waals surface area (Å²) in [4.78, 5) is 30.0. The van der Waals surface area contributed by atoms with Crippen molar-refractivity contribution in [2.45, 2.75) is 6.92 Å². The van der Waals surface area contributed by atoms with Crippen molar-refractivity contribution in [3.05, 3.63) is 75.3 Å². The summed E-state index contributed by atoms with van der Waals surface area (Å²) in [6.45, 7) is 1.91. The van der Waals surface area contributed by atoms with Crippen molar-refractivity contribution in [1.29, 1.82) is 0 Å². The fourth-order valence-corrected chi connectivity index (χ4v) is 3.05. The molecule has 0 saturated heterocycles. The number of halogens is 1. The first-order valence-corrected chi connectivity index (χ1v) is 8.37. The maximum absolute atomic E-state index is 12.8. The molecule has 0 aliphatic heterocycles. The van der Waals surface area contributed by atoms with Crippen LogP contribution >= 0.6 is 11.6 Å². The van der Waals surface area contributed by atoms with E-state index < -0.39 is 0 Å². The average molecular weight is 367 g/mol. The van der Waals surface area contributed by atoms with Crippen molar-refractivity contribution >= 4 is 39.9 Å². The number of aryl methyl sites for hydroxylation is 2. The van der Waals surface area contributed by atoms with Crippen molar-refractivity contribution in [2.75, 3.05) is 5.32 Å². The number of carbonyl (C=O) groups is 1. The number of pyridine rings is 1. The highest BCUT2D eigenvalue weighted by Gasteiger charge is 2.17. The fourth-order valence-electron chi connectivity index (χ4n) is 2.92. The van der Waals surface area contributed by atoms with E-state index in [2.05, 4.69) is 10.3 Å². The van der Waals surface area contributed by atoms with Gasteiger partial charge in [0.1, 0.15) is 17.0 Å². The lowest BCUT2D eigenvalue weighted by Gasteiger charge is -2.06. The van der Waals surface area contributed by atoms with E-state index >= 15 is 0 Å². The number of nitrogens with one attached hydrogen (secondary N) is 1. The molecule has 0 aliphatic rings. The molecular formula is C19H15ClN4O2. The molecule has 6 nitrogen and oxygen atoms in total. The predicted molar refractivity (Wildman–Crippen MR) is 102 cm³/mol. The Morgan fingerprint density at radius 1 is 1.15 bits per heavy atom. The molecule has 3 heterocycles. The molecule has 0 fully saturated rings. The molecule has 0 atom stereocenters. The number of aromatic nitrogens is 3. The van der Waals surface area contributed by atoms with Crippen LogP contribution in [0, 0.1) is 6.92 Å². The summed E-state index contributed by atoms with van der Waals surface area (Å²) in [6, 6.07) is 12.1. The van der Waals surface area contributed by atoms with E-state index in [-0.39, 0.29) is 11.5 Å². The lowest BCUT2D eigenvalue weighted by molar-refractivity contribution is 0.101. The van der Waals surface area contributed by atoms with Gasteiger partial charge in [0, 0.05) is 24.0 Å². The maximum atomic E-state index is 12.8. The SMILES string of the molecule is Cc1ccc2nc3c(cc(C(=O)Nc4ccc(Cl)cc4)n3C)c(=O)n2c1. The monoisotopic (exact) mass is 366 g/mol. The topological polar surface area (TPSA) is 68.4 Å². The molecule has 1 N–H and O–H groups in total. The van der Waals surface area contributed by atoms with Gasteiger partial charge in [-0.2, -0.15) is 0 Å². The quantitative estimate of drug-likeness (QED) is 0.591. The maximum Gasteiger partial charge on any atom is 0.272 e. The van der Waals surface area contributed by atoms with Gasteiger partial charge in [-0.25, -0.2) is 4.98 Å². The molecule has 0 aliphatic carbocycles. The molecule has 0 bridgehead atoms. The number of benzene rings is 1. The molecule has 1 amide bonds. The number of anilines is 1. The standard InChI is InChI=1S/C19H15ClN4O2/c1-11-3-8-16-22-17-14(19(26)24(16)10-11)9-15(23(17)2)18(25)21-13-6-4-12(20)5-7-13/h3-10H,1-2H3,(H,21,25). The summed E-state index contributed by atoms with van der Waals surface area (Å²) < 4.78 is 3.13. The van der Waals surface area contributed by atoms with E-state index in [4.69, 9.17) is 11.6 Å². The van der Waals surface area contributed by atoms with Gasteiger partial charge in [0.2, 0.25) is 0 Å². The summed E-state index contributed by atoms with van der Waals surface area (Å²) >= 11 is 5.86. The van der Waals surface area contributed by atoms with Crippen LogP contribution in [-0.4, -0.2) is 19.9 Å².